The zero-order valence-corrected chi connectivity index (χ0v) is 17.0. The molecule has 0 aliphatic carbocycles. The molecule has 5 nitrogen and oxygen atoms in total. The quantitative estimate of drug-likeness (QED) is 0.715. The predicted molar refractivity (Wildman–Crippen MR) is 107 cm³/mol. The van der Waals surface area contributed by atoms with E-state index in [4.69, 9.17) is 4.74 Å². The van der Waals surface area contributed by atoms with Crippen LogP contribution in [0.5, 0.6) is 0 Å². The van der Waals surface area contributed by atoms with Crippen LogP contribution in [0, 0.1) is 12.8 Å². The lowest BCUT2D eigenvalue weighted by Crippen LogP contribution is -2.51. The van der Waals surface area contributed by atoms with Crippen LogP contribution in [0.4, 0.5) is 0 Å². The second kappa shape index (κ2) is 10.2. The Balaban J connectivity index is 2.01. The van der Waals surface area contributed by atoms with Crippen LogP contribution in [-0.4, -0.2) is 52.2 Å². The summed E-state index contributed by atoms with van der Waals surface area (Å²) in [5.74, 6) is 0.469. The average molecular weight is 381 g/mol. The molecule has 0 amide bonds. The molecule has 1 atom stereocenters. The van der Waals surface area contributed by atoms with Gasteiger partial charge in [0.25, 0.3) is 0 Å². The highest BCUT2D eigenvalue weighted by molar-refractivity contribution is 7.92. The Bertz CT molecular complexity index is 661. The standard InChI is InChI=1S/C20H32N2O3S/c1-4-19(5-2)20(22-11-13-25-14-12-22)16-21-26(23,24)15-10-18-8-6-17(3)7-9-18/h6-10,15,19-21H,4-5,11-14,16H2,1-3H3/b15-10+. The Kier molecular flexibility index (Phi) is 8.28. The minimum absolute atomic E-state index is 0.205. The fraction of sp³-hybridized carbons (Fsp3) is 0.600. The largest absolute Gasteiger partial charge is 0.379 e. The Morgan fingerprint density at radius 3 is 2.35 bits per heavy atom. The zero-order chi connectivity index (χ0) is 19.0. The zero-order valence-electron chi connectivity index (χ0n) is 16.1. The lowest BCUT2D eigenvalue weighted by Gasteiger charge is -2.38. The first kappa shape index (κ1) is 21.1. The number of nitrogens with zero attached hydrogens (tertiary/aromatic N) is 1. The summed E-state index contributed by atoms with van der Waals surface area (Å²) in [7, 11) is -3.46. The second-order valence-electron chi connectivity index (χ2n) is 6.90. The van der Waals surface area contributed by atoms with Crippen LogP contribution in [-0.2, 0) is 14.8 Å². The highest BCUT2D eigenvalue weighted by atomic mass is 32.2. The van der Waals surface area contributed by atoms with Gasteiger partial charge in [-0.05, 0) is 24.5 Å². The van der Waals surface area contributed by atoms with Gasteiger partial charge < -0.3 is 4.74 Å². The molecular weight excluding hydrogens is 348 g/mol. The van der Waals surface area contributed by atoms with Crippen LogP contribution < -0.4 is 4.72 Å². The predicted octanol–water partition coefficient (Wildman–Crippen LogP) is 3.02. The first-order valence-electron chi connectivity index (χ1n) is 9.51. The topological polar surface area (TPSA) is 58.6 Å². The molecule has 146 valence electrons. The lowest BCUT2D eigenvalue weighted by atomic mass is 9.92. The summed E-state index contributed by atoms with van der Waals surface area (Å²) >= 11 is 0. The number of morpholine rings is 1. The molecule has 0 spiro atoms. The Morgan fingerprint density at radius 2 is 1.77 bits per heavy atom. The van der Waals surface area contributed by atoms with Crippen molar-refractivity contribution in [3.63, 3.8) is 0 Å². The molecule has 0 bridgehead atoms. The molecule has 0 aromatic heterocycles. The van der Waals surface area contributed by atoms with Gasteiger partial charge in [0.2, 0.25) is 10.0 Å². The molecule has 1 aliphatic rings. The third-order valence-electron chi connectivity index (χ3n) is 5.12. The molecule has 0 saturated carbocycles. The fourth-order valence-corrected chi connectivity index (χ4v) is 4.27. The van der Waals surface area contributed by atoms with Crippen molar-refractivity contribution >= 4 is 16.1 Å². The number of benzene rings is 1. The van der Waals surface area contributed by atoms with Crippen molar-refractivity contribution in [2.75, 3.05) is 32.8 Å². The number of hydrogen-bond donors (Lipinski definition) is 1. The molecule has 0 radical (unpaired) electrons. The summed E-state index contributed by atoms with van der Waals surface area (Å²) < 4.78 is 33.1. The van der Waals surface area contributed by atoms with E-state index < -0.39 is 10.0 Å². The van der Waals surface area contributed by atoms with Crippen molar-refractivity contribution in [3.8, 4) is 0 Å². The molecule has 1 aromatic rings. The van der Waals surface area contributed by atoms with Gasteiger partial charge in [-0.3, -0.25) is 4.90 Å². The highest BCUT2D eigenvalue weighted by Crippen LogP contribution is 2.20. The molecule has 1 heterocycles. The fourth-order valence-electron chi connectivity index (χ4n) is 3.43. The maximum absolute atomic E-state index is 12.4. The molecule has 6 heteroatoms. The SMILES string of the molecule is CCC(CC)C(CNS(=O)(=O)/C=C/c1ccc(C)cc1)N1CCOCC1. The van der Waals surface area contributed by atoms with Crippen molar-refractivity contribution in [1.82, 2.24) is 9.62 Å². The third-order valence-corrected chi connectivity index (χ3v) is 6.18. The van der Waals surface area contributed by atoms with Crippen LogP contribution in [0.15, 0.2) is 29.7 Å². The van der Waals surface area contributed by atoms with Gasteiger partial charge in [-0.1, -0.05) is 56.5 Å². The summed E-state index contributed by atoms with van der Waals surface area (Å²) in [5.41, 5.74) is 2.03. The third kappa shape index (κ3) is 6.50. The normalized spacial score (nSPS) is 17.8. The summed E-state index contributed by atoms with van der Waals surface area (Å²) in [6.45, 7) is 9.96. The van der Waals surface area contributed by atoms with E-state index in [1.807, 2.05) is 31.2 Å². The van der Waals surface area contributed by atoms with Crippen LogP contribution in [0.3, 0.4) is 0 Å². The van der Waals surface area contributed by atoms with Crippen molar-refractivity contribution in [3.05, 3.63) is 40.8 Å². The van der Waals surface area contributed by atoms with E-state index in [-0.39, 0.29) is 6.04 Å². The van der Waals surface area contributed by atoms with E-state index >= 15 is 0 Å². The maximum atomic E-state index is 12.4. The molecule has 1 fully saturated rings. The van der Waals surface area contributed by atoms with Crippen LogP contribution >= 0.6 is 0 Å². The van der Waals surface area contributed by atoms with Gasteiger partial charge in [-0.15, -0.1) is 0 Å². The van der Waals surface area contributed by atoms with Gasteiger partial charge in [0, 0.05) is 31.1 Å². The number of nitrogens with one attached hydrogen (secondary N) is 1. The first-order chi connectivity index (χ1) is 12.4. The molecule has 1 aromatic carbocycles. The number of rotatable bonds is 9. The number of hydrogen-bond acceptors (Lipinski definition) is 4. The van der Waals surface area contributed by atoms with Crippen molar-refractivity contribution in [2.24, 2.45) is 5.92 Å². The highest BCUT2D eigenvalue weighted by Gasteiger charge is 2.27. The van der Waals surface area contributed by atoms with Crippen molar-refractivity contribution < 1.29 is 13.2 Å². The van der Waals surface area contributed by atoms with Gasteiger partial charge >= 0.3 is 0 Å². The Hall–Kier alpha value is -1.21. The minimum Gasteiger partial charge on any atom is -0.379 e. The summed E-state index contributed by atoms with van der Waals surface area (Å²) in [6, 6.07) is 7.99. The van der Waals surface area contributed by atoms with E-state index in [1.165, 1.54) is 5.41 Å². The smallest absolute Gasteiger partial charge is 0.233 e. The summed E-state index contributed by atoms with van der Waals surface area (Å²) in [4.78, 5) is 2.37. The Labute approximate surface area is 158 Å². The lowest BCUT2D eigenvalue weighted by molar-refractivity contribution is 0.00299. The van der Waals surface area contributed by atoms with Crippen LogP contribution in [0.1, 0.15) is 37.8 Å². The average Bonchev–Trinajstić information content (AvgIpc) is 2.65. The van der Waals surface area contributed by atoms with E-state index in [2.05, 4.69) is 23.5 Å². The van der Waals surface area contributed by atoms with Crippen molar-refractivity contribution in [1.29, 1.82) is 0 Å². The molecule has 26 heavy (non-hydrogen) atoms. The van der Waals surface area contributed by atoms with Gasteiger partial charge in [0.15, 0.2) is 0 Å². The van der Waals surface area contributed by atoms with Gasteiger partial charge in [-0.25, -0.2) is 13.1 Å². The maximum Gasteiger partial charge on any atom is 0.233 e. The minimum atomic E-state index is -3.46. The second-order valence-corrected chi connectivity index (χ2v) is 8.55. The van der Waals surface area contributed by atoms with E-state index in [0.29, 0.717) is 12.5 Å². The van der Waals surface area contributed by atoms with Gasteiger partial charge in [0.1, 0.15) is 0 Å². The monoisotopic (exact) mass is 380 g/mol. The molecule has 2 rings (SSSR count). The van der Waals surface area contributed by atoms with Crippen LogP contribution in [0.2, 0.25) is 0 Å². The van der Waals surface area contributed by atoms with Crippen LogP contribution in [0.25, 0.3) is 6.08 Å². The number of sulfonamides is 1. The number of ether oxygens (including phenoxy) is 1. The molecule has 1 saturated heterocycles. The van der Waals surface area contributed by atoms with Gasteiger partial charge in [-0.2, -0.15) is 0 Å². The molecular formula is C20H32N2O3S. The van der Waals surface area contributed by atoms with Gasteiger partial charge in [0.05, 0.1) is 13.2 Å². The molecule has 1 unspecified atom stereocenters. The van der Waals surface area contributed by atoms with E-state index in [0.717, 1.165) is 50.3 Å². The summed E-state index contributed by atoms with van der Waals surface area (Å²) in [5, 5.41) is 1.26. The van der Waals surface area contributed by atoms with E-state index in [9.17, 15) is 8.42 Å². The van der Waals surface area contributed by atoms with E-state index in [1.54, 1.807) is 6.08 Å². The molecule has 1 aliphatic heterocycles. The molecule has 1 N–H and O–H groups in total. The summed E-state index contributed by atoms with van der Waals surface area (Å²) in [6.07, 6.45) is 3.72. The first-order valence-corrected chi connectivity index (χ1v) is 11.1. The number of aryl methyl sites for hydroxylation is 1. The van der Waals surface area contributed by atoms with Crippen molar-refractivity contribution in [2.45, 2.75) is 39.7 Å². The Morgan fingerprint density at radius 1 is 1.15 bits per heavy atom.